The van der Waals surface area contributed by atoms with Crippen LogP contribution in [0.25, 0.3) is 22.3 Å². The van der Waals surface area contributed by atoms with Gasteiger partial charge in [-0.25, -0.2) is 9.78 Å². The number of hydrogen-bond acceptors (Lipinski definition) is 7. The van der Waals surface area contributed by atoms with Gasteiger partial charge in [0.25, 0.3) is 5.56 Å². The maximum absolute atomic E-state index is 13.5. The van der Waals surface area contributed by atoms with Gasteiger partial charge in [0.2, 0.25) is 0 Å². The van der Waals surface area contributed by atoms with E-state index in [1.807, 2.05) is 0 Å². The fourth-order valence-corrected chi connectivity index (χ4v) is 5.67. The first-order valence-corrected chi connectivity index (χ1v) is 12.0. The van der Waals surface area contributed by atoms with E-state index in [9.17, 15) is 14.7 Å². The second-order valence-corrected chi connectivity index (χ2v) is 9.31. The molecule has 3 aromatic rings. The van der Waals surface area contributed by atoms with Crippen LogP contribution in [-0.4, -0.2) is 46.8 Å². The fourth-order valence-electron chi connectivity index (χ4n) is 5.67. The molecule has 0 saturated carbocycles. The third-order valence-electron chi connectivity index (χ3n) is 7.62. The summed E-state index contributed by atoms with van der Waals surface area (Å²) in [5.41, 5.74) is 4.39. The molecule has 2 aromatic heterocycles. The third-order valence-corrected chi connectivity index (χ3v) is 7.62. The van der Waals surface area contributed by atoms with E-state index in [1.54, 1.807) is 17.6 Å². The van der Waals surface area contributed by atoms with Crippen molar-refractivity contribution in [1.82, 2.24) is 14.9 Å². The zero-order chi connectivity index (χ0) is 23.6. The molecule has 3 aliphatic heterocycles. The molecule has 2 N–H and O–H groups in total. The topological polar surface area (TPSA) is 96.7 Å². The standard InChI is InChI=1S/C26H28N4O4/c1-3-16-17-11-15(29-9-7-27-8-10-29)5-6-21(17)28-23-18(16)13-30-22(23)12-20-19(24(30)31)14-34-25(32)26(20,33)4-2/h5-6,11-12,27,33H,3-4,7-10,13-14H2,1-2H3. The van der Waals surface area contributed by atoms with Crippen LogP contribution in [0, 0.1) is 0 Å². The number of hydrogen-bond donors (Lipinski definition) is 2. The van der Waals surface area contributed by atoms with Crippen LogP contribution in [0.5, 0.6) is 0 Å². The number of fused-ring (bicyclic) bond motifs is 5. The Bertz CT molecular complexity index is 1410. The molecule has 34 heavy (non-hydrogen) atoms. The van der Waals surface area contributed by atoms with Gasteiger partial charge in [0.1, 0.15) is 6.61 Å². The summed E-state index contributed by atoms with van der Waals surface area (Å²) in [5, 5.41) is 15.6. The number of nitrogens with zero attached hydrogens (tertiary/aromatic N) is 3. The van der Waals surface area contributed by atoms with Crippen LogP contribution < -0.4 is 15.8 Å². The van der Waals surface area contributed by atoms with Crippen molar-refractivity contribution in [2.45, 2.75) is 45.4 Å². The van der Waals surface area contributed by atoms with Gasteiger partial charge >= 0.3 is 5.97 Å². The van der Waals surface area contributed by atoms with E-state index in [2.05, 4.69) is 35.3 Å². The van der Waals surface area contributed by atoms with E-state index in [-0.39, 0.29) is 18.6 Å². The smallest absolute Gasteiger partial charge is 0.343 e. The van der Waals surface area contributed by atoms with Gasteiger partial charge in [-0.3, -0.25) is 4.79 Å². The highest BCUT2D eigenvalue weighted by Gasteiger charge is 2.45. The average Bonchev–Trinajstić information content (AvgIpc) is 3.24. The number of pyridine rings is 2. The molecule has 0 bridgehead atoms. The van der Waals surface area contributed by atoms with Gasteiger partial charge in [0.05, 0.1) is 29.0 Å². The number of ether oxygens (including phenoxy) is 1. The number of cyclic esters (lactones) is 1. The second-order valence-electron chi connectivity index (χ2n) is 9.31. The van der Waals surface area contributed by atoms with Gasteiger partial charge in [-0.2, -0.15) is 0 Å². The van der Waals surface area contributed by atoms with Crippen molar-refractivity contribution in [3.8, 4) is 11.4 Å². The number of rotatable bonds is 3. The monoisotopic (exact) mass is 460 g/mol. The number of benzene rings is 1. The summed E-state index contributed by atoms with van der Waals surface area (Å²) in [6.45, 7) is 8.05. The summed E-state index contributed by atoms with van der Waals surface area (Å²) in [4.78, 5) is 33.2. The summed E-state index contributed by atoms with van der Waals surface area (Å²) < 4.78 is 6.89. The molecule has 0 spiro atoms. The van der Waals surface area contributed by atoms with E-state index >= 15 is 0 Å². The van der Waals surface area contributed by atoms with Gasteiger partial charge in [0, 0.05) is 48.4 Å². The highest BCUT2D eigenvalue weighted by molar-refractivity contribution is 5.91. The lowest BCUT2D eigenvalue weighted by Gasteiger charge is -2.31. The van der Waals surface area contributed by atoms with Crippen molar-refractivity contribution < 1.29 is 14.6 Å². The van der Waals surface area contributed by atoms with E-state index in [4.69, 9.17) is 9.72 Å². The lowest BCUT2D eigenvalue weighted by molar-refractivity contribution is -0.172. The van der Waals surface area contributed by atoms with Gasteiger partial charge in [-0.15, -0.1) is 0 Å². The van der Waals surface area contributed by atoms with Crippen molar-refractivity contribution in [2.75, 3.05) is 31.1 Å². The number of aliphatic hydroxyl groups is 1. The Labute approximate surface area is 197 Å². The number of carbonyl (C=O) groups excluding carboxylic acids is 1. The summed E-state index contributed by atoms with van der Waals surface area (Å²) >= 11 is 0. The number of anilines is 1. The Kier molecular flexibility index (Phi) is 4.79. The quantitative estimate of drug-likeness (QED) is 0.452. The fraction of sp³-hybridized carbons (Fsp3) is 0.423. The SMILES string of the molecule is CCc1c2c(nc3ccc(N4CCNCC4)cc13)-c1cc3c(c(=O)n1C2)COC(=O)C3(O)CC. The molecule has 8 nitrogen and oxygen atoms in total. The Hall–Kier alpha value is -3.23. The molecule has 1 atom stereocenters. The predicted molar refractivity (Wildman–Crippen MR) is 129 cm³/mol. The zero-order valence-corrected chi connectivity index (χ0v) is 19.5. The lowest BCUT2D eigenvalue weighted by Crippen LogP contribution is -2.44. The van der Waals surface area contributed by atoms with Crippen molar-refractivity contribution in [3.63, 3.8) is 0 Å². The van der Waals surface area contributed by atoms with E-state index in [0.29, 0.717) is 23.4 Å². The number of esters is 1. The number of carbonyl (C=O) groups is 1. The number of nitrogens with one attached hydrogen (secondary N) is 1. The van der Waals surface area contributed by atoms with Gasteiger partial charge in [-0.05, 0) is 42.7 Å². The van der Waals surface area contributed by atoms with Gasteiger partial charge in [0.15, 0.2) is 5.60 Å². The van der Waals surface area contributed by atoms with Gasteiger partial charge < -0.3 is 24.6 Å². The largest absolute Gasteiger partial charge is 0.458 e. The zero-order valence-electron chi connectivity index (χ0n) is 19.5. The van der Waals surface area contributed by atoms with Crippen molar-refractivity contribution in [3.05, 3.63) is 56.9 Å². The minimum Gasteiger partial charge on any atom is -0.458 e. The van der Waals surface area contributed by atoms with Crippen LogP contribution in [0.15, 0.2) is 29.1 Å². The lowest BCUT2D eigenvalue weighted by atomic mass is 9.86. The number of aryl methyl sites for hydroxylation is 1. The molecular formula is C26H28N4O4. The van der Waals surface area contributed by atoms with Crippen LogP contribution in [-0.2, 0) is 34.7 Å². The summed E-state index contributed by atoms with van der Waals surface area (Å²) in [6.07, 6.45) is 0.948. The summed E-state index contributed by atoms with van der Waals surface area (Å²) in [6, 6.07) is 8.18. The third kappa shape index (κ3) is 2.88. The minimum absolute atomic E-state index is 0.115. The molecule has 0 amide bonds. The highest BCUT2D eigenvalue weighted by atomic mass is 16.6. The number of piperazine rings is 1. The van der Waals surface area contributed by atoms with Crippen LogP contribution in [0.2, 0.25) is 0 Å². The molecule has 5 heterocycles. The molecule has 1 unspecified atom stereocenters. The Morgan fingerprint density at radius 1 is 1.15 bits per heavy atom. The minimum atomic E-state index is -1.81. The molecule has 6 rings (SSSR count). The summed E-state index contributed by atoms with van der Waals surface area (Å²) in [7, 11) is 0. The maximum atomic E-state index is 13.5. The highest BCUT2D eigenvalue weighted by Crippen LogP contribution is 2.40. The molecule has 3 aliphatic rings. The van der Waals surface area contributed by atoms with Crippen LogP contribution in [0.3, 0.4) is 0 Å². The molecule has 8 heteroatoms. The predicted octanol–water partition coefficient (Wildman–Crippen LogP) is 2.05. The van der Waals surface area contributed by atoms with E-state index in [1.165, 1.54) is 11.3 Å². The first-order chi connectivity index (χ1) is 16.5. The maximum Gasteiger partial charge on any atom is 0.343 e. The average molecular weight is 461 g/mol. The van der Waals surface area contributed by atoms with E-state index in [0.717, 1.165) is 54.8 Å². The number of aromatic nitrogens is 2. The molecular weight excluding hydrogens is 432 g/mol. The normalized spacial score (nSPS) is 21.3. The Morgan fingerprint density at radius 2 is 1.94 bits per heavy atom. The molecule has 0 radical (unpaired) electrons. The van der Waals surface area contributed by atoms with Crippen LogP contribution in [0.1, 0.15) is 42.5 Å². The van der Waals surface area contributed by atoms with Crippen molar-refractivity contribution in [2.24, 2.45) is 0 Å². The first-order valence-electron chi connectivity index (χ1n) is 12.0. The molecule has 1 aromatic carbocycles. The van der Waals surface area contributed by atoms with Crippen LogP contribution in [0.4, 0.5) is 5.69 Å². The van der Waals surface area contributed by atoms with Crippen molar-refractivity contribution in [1.29, 1.82) is 0 Å². The Balaban J connectivity index is 1.55. The van der Waals surface area contributed by atoms with Gasteiger partial charge in [-0.1, -0.05) is 13.8 Å². The Morgan fingerprint density at radius 3 is 2.68 bits per heavy atom. The molecule has 1 saturated heterocycles. The van der Waals surface area contributed by atoms with Crippen molar-refractivity contribution >= 4 is 22.6 Å². The first kappa shape index (κ1) is 21.3. The summed E-state index contributed by atoms with van der Waals surface area (Å²) in [5.74, 6) is -0.703. The molecule has 0 aliphatic carbocycles. The van der Waals surface area contributed by atoms with E-state index < -0.39 is 11.6 Å². The molecule has 176 valence electrons. The second kappa shape index (κ2) is 7.65. The van der Waals surface area contributed by atoms with Crippen LogP contribution >= 0.6 is 0 Å². The molecule has 1 fully saturated rings.